The Morgan fingerprint density at radius 1 is 1.04 bits per heavy atom. The van der Waals surface area contributed by atoms with E-state index in [1.165, 1.54) is 0 Å². The first-order chi connectivity index (χ1) is 11.8. The van der Waals surface area contributed by atoms with Crippen molar-refractivity contribution in [2.24, 2.45) is 23.7 Å². The van der Waals surface area contributed by atoms with Gasteiger partial charge in [-0.1, -0.05) is 19.9 Å². The van der Waals surface area contributed by atoms with E-state index < -0.39 is 41.3 Å². The van der Waals surface area contributed by atoms with Crippen molar-refractivity contribution in [3.05, 3.63) is 12.2 Å². The minimum Gasteiger partial charge on any atom is -0.455 e. The fraction of sp³-hybridized carbons (Fsp3) is 0.833. The Morgan fingerprint density at radius 2 is 1.58 bits per heavy atom. The van der Waals surface area contributed by atoms with Crippen molar-refractivity contribution in [3.8, 4) is 0 Å². The molecule has 2 aliphatic rings. The number of carbonyl (C=O) groups excluding carboxylic acids is 1. The lowest BCUT2D eigenvalue weighted by atomic mass is 9.72. The van der Waals surface area contributed by atoms with Crippen LogP contribution in [0.1, 0.15) is 52.4 Å². The second kappa shape index (κ2) is 7.08. The van der Waals surface area contributed by atoms with Gasteiger partial charge in [0.05, 0.1) is 5.92 Å². The van der Waals surface area contributed by atoms with Crippen molar-refractivity contribution >= 4 is 5.97 Å². The van der Waals surface area contributed by atoms with Crippen LogP contribution >= 0.6 is 0 Å². The molecular weight excluding hydrogens is 362 g/mol. The molecule has 2 nitrogen and oxygen atoms in total. The van der Waals surface area contributed by atoms with Gasteiger partial charge in [0.1, 0.15) is 11.2 Å². The number of ether oxygens (including phenoxy) is 1. The Labute approximate surface area is 149 Å². The maximum Gasteiger partial charge on any atom is 0.422 e. The molecule has 5 atom stereocenters. The normalized spacial score (nSPS) is 30.9. The maximum absolute atomic E-state index is 13.1. The third kappa shape index (κ3) is 4.19. The van der Waals surface area contributed by atoms with Crippen LogP contribution in [0.3, 0.4) is 0 Å². The number of fused-ring (bicyclic) bond motifs is 2. The van der Waals surface area contributed by atoms with Gasteiger partial charge in [0.2, 0.25) is 0 Å². The number of hydrogen-bond donors (Lipinski definition) is 0. The van der Waals surface area contributed by atoms with E-state index in [-0.39, 0.29) is 24.7 Å². The van der Waals surface area contributed by atoms with Gasteiger partial charge < -0.3 is 4.74 Å². The summed E-state index contributed by atoms with van der Waals surface area (Å²) < 4.78 is 82.6. The van der Waals surface area contributed by atoms with Gasteiger partial charge in [-0.3, -0.25) is 0 Å². The van der Waals surface area contributed by atoms with Crippen molar-refractivity contribution in [1.29, 1.82) is 0 Å². The molecule has 150 valence electrons. The van der Waals surface area contributed by atoms with E-state index in [0.717, 1.165) is 6.42 Å². The summed E-state index contributed by atoms with van der Waals surface area (Å²) in [6.07, 6.45) is -6.92. The molecule has 0 radical (unpaired) electrons. The Bertz CT molecular complexity index is 553. The smallest absolute Gasteiger partial charge is 0.422 e. The molecule has 0 N–H and O–H groups in total. The second-order valence-corrected chi connectivity index (χ2v) is 7.76. The summed E-state index contributed by atoms with van der Waals surface area (Å²) in [5.74, 6) is -4.09. The summed E-state index contributed by atoms with van der Waals surface area (Å²) in [5.41, 5.74) is -2.80. The van der Waals surface area contributed by atoms with Gasteiger partial charge in [0.15, 0.2) is 0 Å². The van der Waals surface area contributed by atoms with Crippen molar-refractivity contribution in [3.63, 3.8) is 0 Å². The maximum atomic E-state index is 13.1. The van der Waals surface area contributed by atoms with E-state index in [2.05, 4.69) is 6.58 Å². The van der Waals surface area contributed by atoms with Crippen LogP contribution in [0, 0.1) is 23.7 Å². The molecule has 0 amide bonds. The molecular formula is C18H24F6O2. The molecule has 2 aliphatic carbocycles. The van der Waals surface area contributed by atoms with Gasteiger partial charge in [0, 0.05) is 5.92 Å². The molecule has 2 saturated carbocycles. The fourth-order valence-electron chi connectivity index (χ4n) is 4.65. The van der Waals surface area contributed by atoms with Crippen LogP contribution in [-0.2, 0) is 9.53 Å². The minimum atomic E-state index is -4.89. The van der Waals surface area contributed by atoms with E-state index in [9.17, 15) is 31.1 Å². The van der Waals surface area contributed by atoms with Crippen LogP contribution < -0.4 is 0 Å². The molecule has 2 fully saturated rings. The number of esters is 1. The molecule has 2 rings (SSSR count). The lowest BCUT2D eigenvalue weighted by Gasteiger charge is -2.41. The highest BCUT2D eigenvalue weighted by Gasteiger charge is 2.60. The quantitative estimate of drug-likeness (QED) is 0.327. The van der Waals surface area contributed by atoms with Gasteiger partial charge in [-0.25, -0.2) is 4.79 Å². The average Bonchev–Trinajstić information content (AvgIpc) is 3.11. The van der Waals surface area contributed by atoms with Gasteiger partial charge in [-0.15, -0.1) is 0 Å². The standard InChI is InChI=1S/C18H24F6O2/c1-4-5-6-16(3,26-15(25)10(2)17(19,20)21)13-8-12-7-11(13)9-14(12)18(22,23)24/h11-14H,2,4-9H2,1,3H3. The van der Waals surface area contributed by atoms with E-state index in [1.807, 2.05) is 6.92 Å². The first kappa shape index (κ1) is 21.1. The van der Waals surface area contributed by atoms with E-state index in [0.29, 0.717) is 19.3 Å². The number of alkyl halides is 6. The summed E-state index contributed by atoms with van der Waals surface area (Å²) in [4.78, 5) is 11.9. The predicted molar refractivity (Wildman–Crippen MR) is 83.1 cm³/mol. The highest BCUT2D eigenvalue weighted by atomic mass is 19.4. The van der Waals surface area contributed by atoms with E-state index in [1.54, 1.807) is 6.92 Å². The zero-order valence-electron chi connectivity index (χ0n) is 14.8. The minimum absolute atomic E-state index is 0.0433. The Balaban J connectivity index is 2.16. The van der Waals surface area contributed by atoms with Crippen LogP contribution in [0.4, 0.5) is 26.3 Å². The third-order valence-electron chi connectivity index (χ3n) is 6.00. The van der Waals surface area contributed by atoms with Crippen LogP contribution in [0.15, 0.2) is 12.2 Å². The molecule has 0 aromatic heterocycles. The summed E-state index contributed by atoms with van der Waals surface area (Å²) in [6.45, 7) is 6.20. The summed E-state index contributed by atoms with van der Waals surface area (Å²) in [5, 5.41) is 0. The Kier molecular flexibility index (Phi) is 5.74. The molecule has 0 heterocycles. The summed E-state index contributed by atoms with van der Waals surface area (Å²) >= 11 is 0. The molecule has 26 heavy (non-hydrogen) atoms. The van der Waals surface area contributed by atoms with Gasteiger partial charge in [-0.05, 0) is 50.9 Å². The highest BCUT2D eigenvalue weighted by molar-refractivity contribution is 5.89. The lowest BCUT2D eigenvalue weighted by Crippen LogP contribution is -2.45. The number of unbranched alkanes of at least 4 members (excludes halogenated alkanes) is 1. The number of halogens is 6. The van der Waals surface area contributed by atoms with Gasteiger partial charge in [-0.2, -0.15) is 26.3 Å². The van der Waals surface area contributed by atoms with Crippen molar-refractivity contribution in [2.45, 2.75) is 70.3 Å². The molecule has 0 spiro atoms. The molecule has 0 aliphatic heterocycles. The first-order valence-electron chi connectivity index (χ1n) is 8.85. The van der Waals surface area contributed by atoms with E-state index >= 15 is 0 Å². The lowest BCUT2D eigenvalue weighted by molar-refractivity contribution is -0.197. The third-order valence-corrected chi connectivity index (χ3v) is 6.00. The van der Waals surface area contributed by atoms with Crippen LogP contribution in [-0.4, -0.2) is 23.9 Å². The van der Waals surface area contributed by atoms with Crippen molar-refractivity contribution < 1.29 is 35.9 Å². The van der Waals surface area contributed by atoms with Crippen LogP contribution in [0.2, 0.25) is 0 Å². The fourth-order valence-corrected chi connectivity index (χ4v) is 4.65. The zero-order valence-corrected chi connectivity index (χ0v) is 14.8. The molecule has 5 unspecified atom stereocenters. The summed E-state index contributed by atoms with van der Waals surface area (Å²) in [6, 6.07) is 0. The predicted octanol–water partition coefficient (Wildman–Crippen LogP) is 5.82. The zero-order chi connectivity index (χ0) is 19.9. The van der Waals surface area contributed by atoms with Crippen molar-refractivity contribution in [2.75, 3.05) is 0 Å². The molecule has 0 aromatic carbocycles. The topological polar surface area (TPSA) is 26.3 Å². The molecule has 8 heteroatoms. The van der Waals surface area contributed by atoms with Gasteiger partial charge >= 0.3 is 18.3 Å². The molecule has 2 bridgehead atoms. The van der Waals surface area contributed by atoms with Gasteiger partial charge in [0.25, 0.3) is 0 Å². The highest BCUT2D eigenvalue weighted by Crippen LogP contribution is 2.60. The van der Waals surface area contributed by atoms with Crippen molar-refractivity contribution in [1.82, 2.24) is 0 Å². The number of rotatable bonds is 6. The van der Waals surface area contributed by atoms with Crippen LogP contribution in [0.25, 0.3) is 0 Å². The van der Waals surface area contributed by atoms with Crippen LogP contribution in [0.5, 0.6) is 0 Å². The molecule has 0 aromatic rings. The number of carbonyl (C=O) groups is 1. The first-order valence-corrected chi connectivity index (χ1v) is 8.85. The van der Waals surface area contributed by atoms with E-state index in [4.69, 9.17) is 4.74 Å². The average molecular weight is 386 g/mol. The summed E-state index contributed by atoms with van der Waals surface area (Å²) in [7, 11) is 0. The second-order valence-electron chi connectivity index (χ2n) is 7.76. The monoisotopic (exact) mass is 386 g/mol. The molecule has 0 saturated heterocycles. The SMILES string of the molecule is C=C(C(=O)OC(C)(CCCC)C1CC2CC1CC2C(F)(F)F)C(F)(F)F. The Morgan fingerprint density at radius 3 is 2.00 bits per heavy atom. The largest absolute Gasteiger partial charge is 0.455 e. The number of hydrogen-bond acceptors (Lipinski definition) is 2. The Hall–Kier alpha value is -1.21.